The van der Waals surface area contributed by atoms with Crippen LogP contribution in [0.4, 0.5) is 0 Å². The molecule has 0 amide bonds. The van der Waals surface area contributed by atoms with Crippen molar-refractivity contribution in [2.45, 2.75) is 13.2 Å². The van der Waals surface area contributed by atoms with Crippen LogP contribution in [0.3, 0.4) is 0 Å². The molecule has 0 bridgehead atoms. The van der Waals surface area contributed by atoms with Crippen molar-refractivity contribution in [3.63, 3.8) is 0 Å². The van der Waals surface area contributed by atoms with Gasteiger partial charge in [-0.15, -0.1) is 0 Å². The zero-order chi connectivity index (χ0) is 14.8. The van der Waals surface area contributed by atoms with Crippen LogP contribution in [0, 0.1) is 0 Å². The van der Waals surface area contributed by atoms with Gasteiger partial charge in [0.15, 0.2) is 6.79 Å². The molecule has 1 aliphatic heterocycles. The molecule has 0 unspecified atom stereocenters. The number of hydrogen-bond acceptors (Lipinski definition) is 3. The minimum Gasteiger partial charge on any atom is -0.487 e. The zero-order valence-electron chi connectivity index (χ0n) is 10.9. The predicted molar refractivity (Wildman–Crippen MR) is 82.5 cm³/mol. The van der Waals surface area contributed by atoms with E-state index in [4.69, 9.17) is 49.0 Å². The van der Waals surface area contributed by atoms with Gasteiger partial charge in [-0.1, -0.05) is 34.8 Å². The lowest BCUT2D eigenvalue weighted by Gasteiger charge is -2.21. The largest absolute Gasteiger partial charge is 0.487 e. The lowest BCUT2D eigenvalue weighted by atomic mass is 10.1. The average Bonchev–Trinajstić information content (AvgIpc) is 2.47. The molecule has 110 valence electrons. The van der Waals surface area contributed by atoms with Crippen LogP contribution in [0.1, 0.15) is 11.1 Å². The topological polar surface area (TPSA) is 27.7 Å². The van der Waals surface area contributed by atoms with Gasteiger partial charge in [-0.05, 0) is 24.3 Å². The van der Waals surface area contributed by atoms with E-state index in [2.05, 4.69) is 0 Å². The SMILES string of the molecule is Clc1cc2c(c(COc3cc(Cl)ccc3Cl)c1)OCOC2. The van der Waals surface area contributed by atoms with Crippen LogP contribution in [0.15, 0.2) is 30.3 Å². The van der Waals surface area contributed by atoms with Crippen LogP contribution in [0.25, 0.3) is 0 Å². The maximum Gasteiger partial charge on any atom is 0.189 e. The van der Waals surface area contributed by atoms with Crippen molar-refractivity contribution in [2.75, 3.05) is 6.79 Å². The molecule has 0 N–H and O–H groups in total. The highest BCUT2D eigenvalue weighted by Gasteiger charge is 2.17. The minimum absolute atomic E-state index is 0.222. The lowest BCUT2D eigenvalue weighted by molar-refractivity contribution is -0.0175. The molecule has 0 radical (unpaired) electrons. The van der Waals surface area contributed by atoms with E-state index in [1.54, 1.807) is 18.2 Å². The second-order valence-corrected chi connectivity index (χ2v) is 5.81. The fraction of sp³-hybridized carbons (Fsp3) is 0.200. The van der Waals surface area contributed by atoms with Crippen LogP contribution in [0.2, 0.25) is 15.1 Å². The summed E-state index contributed by atoms with van der Waals surface area (Å²) in [6.07, 6.45) is 0. The summed E-state index contributed by atoms with van der Waals surface area (Å²) >= 11 is 18.1. The smallest absolute Gasteiger partial charge is 0.189 e. The molecule has 3 rings (SSSR count). The highest BCUT2D eigenvalue weighted by Crippen LogP contribution is 2.34. The van der Waals surface area contributed by atoms with Gasteiger partial charge in [-0.2, -0.15) is 0 Å². The first-order chi connectivity index (χ1) is 10.1. The van der Waals surface area contributed by atoms with Crippen LogP contribution < -0.4 is 9.47 Å². The van der Waals surface area contributed by atoms with Crippen molar-refractivity contribution < 1.29 is 14.2 Å². The zero-order valence-corrected chi connectivity index (χ0v) is 13.1. The minimum atomic E-state index is 0.222. The number of fused-ring (bicyclic) bond motifs is 1. The summed E-state index contributed by atoms with van der Waals surface area (Å²) in [6, 6.07) is 8.70. The summed E-state index contributed by atoms with van der Waals surface area (Å²) in [6.45, 7) is 0.976. The molecule has 0 aromatic heterocycles. The monoisotopic (exact) mass is 344 g/mol. The van der Waals surface area contributed by atoms with E-state index in [-0.39, 0.29) is 13.4 Å². The van der Waals surface area contributed by atoms with Gasteiger partial charge >= 0.3 is 0 Å². The van der Waals surface area contributed by atoms with Gasteiger partial charge in [0.25, 0.3) is 0 Å². The molecule has 0 saturated heterocycles. The Hall–Kier alpha value is -1.13. The Morgan fingerprint density at radius 1 is 1.05 bits per heavy atom. The Morgan fingerprint density at radius 3 is 2.76 bits per heavy atom. The third-order valence-electron chi connectivity index (χ3n) is 3.03. The highest BCUT2D eigenvalue weighted by molar-refractivity contribution is 6.34. The Labute approximate surface area is 137 Å². The van der Waals surface area contributed by atoms with Crippen LogP contribution >= 0.6 is 34.8 Å². The van der Waals surface area contributed by atoms with Crippen molar-refractivity contribution in [2.24, 2.45) is 0 Å². The molecule has 2 aromatic rings. The molecule has 21 heavy (non-hydrogen) atoms. The summed E-state index contributed by atoms with van der Waals surface area (Å²) in [4.78, 5) is 0. The molecular weight excluding hydrogens is 335 g/mol. The molecule has 2 aromatic carbocycles. The molecule has 0 aliphatic carbocycles. The highest BCUT2D eigenvalue weighted by atomic mass is 35.5. The standard InChI is InChI=1S/C15H11Cl3O3/c16-11-1-2-13(18)14(5-11)20-7-10-4-12(17)3-9-6-19-8-21-15(9)10/h1-5H,6-8H2. The van der Waals surface area contributed by atoms with E-state index in [0.717, 1.165) is 16.9 Å². The Kier molecular flexibility index (Phi) is 4.45. The quantitative estimate of drug-likeness (QED) is 0.775. The molecule has 1 aliphatic rings. The molecule has 1 heterocycles. The second kappa shape index (κ2) is 6.32. The maximum atomic E-state index is 6.11. The first-order valence-corrected chi connectivity index (χ1v) is 7.36. The van der Waals surface area contributed by atoms with Gasteiger partial charge < -0.3 is 14.2 Å². The van der Waals surface area contributed by atoms with E-state index < -0.39 is 0 Å². The number of ether oxygens (including phenoxy) is 3. The van der Waals surface area contributed by atoms with E-state index in [9.17, 15) is 0 Å². The van der Waals surface area contributed by atoms with Crippen molar-refractivity contribution in [1.29, 1.82) is 0 Å². The molecule has 0 spiro atoms. The average molecular weight is 346 g/mol. The van der Waals surface area contributed by atoms with E-state index in [0.29, 0.717) is 27.4 Å². The van der Waals surface area contributed by atoms with Crippen LogP contribution in [0.5, 0.6) is 11.5 Å². The third kappa shape index (κ3) is 3.38. The van der Waals surface area contributed by atoms with Crippen LogP contribution in [-0.2, 0) is 18.0 Å². The van der Waals surface area contributed by atoms with E-state index in [1.807, 2.05) is 12.1 Å². The fourth-order valence-electron chi connectivity index (χ4n) is 2.11. The first-order valence-electron chi connectivity index (χ1n) is 6.23. The van der Waals surface area contributed by atoms with E-state index >= 15 is 0 Å². The maximum absolute atomic E-state index is 6.11. The fourth-order valence-corrected chi connectivity index (χ4v) is 2.70. The normalized spacial score (nSPS) is 13.5. The van der Waals surface area contributed by atoms with Gasteiger partial charge in [0, 0.05) is 27.2 Å². The predicted octanol–water partition coefficient (Wildman–Crippen LogP) is 5.09. The molecular formula is C15H11Cl3O3. The molecule has 0 fully saturated rings. The first kappa shape index (κ1) is 14.8. The molecule has 6 heteroatoms. The number of halogens is 3. The van der Waals surface area contributed by atoms with Crippen LogP contribution in [-0.4, -0.2) is 6.79 Å². The van der Waals surface area contributed by atoms with Crippen molar-refractivity contribution in [3.05, 3.63) is 56.5 Å². The Bertz CT molecular complexity index is 673. The van der Waals surface area contributed by atoms with Gasteiger partial charge in [-0.3, -0.25) is 0 Å². The summed E-state index contributed by atoms with van der Waals surface area (Å²) in [5.41, 5.74) is 1.75. The summed E-state index contributed by atoms with van der Waals surface area (Å²) in [5.74, 6) is 1.27. The number of rotatable bonds is 3. The van der Waals surface area contributed by atoms with Gasteiger partial charge in [0.05, 0.1) is 11.6 Å². The van der Waals surface area contributed by atoms with Gasteiger partial charge in [0.1, 0.15) is 18.1 Å². The van der Waals surface area contributed by atoms with E-state index in [1.165, 1.54) is 0 Å². The van der Waals surface area contributed by atoms with Gasteiger partial charge in [-0.25, -0.2) is 0 Å². The Morgan fingerprint density at radius 2 is 1.90 bits per heavy atom. The van der Waals surface area contributed by atoms with Crippen molar-refractivity contribution in [1.82, 2.24) is 0 Å². The third-order valence-corrected chi connectivity index (χ3v) is 3.79. The molecule has 0 atom stereocenters. The molecule has 3 nitrogen and oxygen atoms in total. The van der Waals surface area contributed by atoms with Crippen molar-refractivity contribution >= 4 is 34.8 Å². The summed E-state index contributed by atoms with van der Waals surface area (Å²) < 4.78 is 16.5. The summed E-state index contributed by atoms with van der Waals surface area (Å²) in [7, 11) is 0. The Balaban J connectivity index is 1.85. The lowest BCUT2D eigenvalue weighted by Crippen LogP contribution is -2.14. The van der Waals surface area contributed by atoms with Gasteiger partial charge in [0.2, 0.25) is 0 Å². The summed E-state index contributed by atoms with van der Waals surface area (Å²) in [5, 5.41) is 1.67. The number of benzene rings is 2. The molecule has 0 saturated carbocycles. The number of hydrogen-bond donors (Lipinski definition) is 0. The second-order valence-electron chi connectivity index (χ2n) is 4.53. The van der Waals surface area contributed by atoms with Crippen molar-refractivity contribution in [3.8, 4) is 11.5 Å².